The van der Waals surface area contributed by atoms with E-state index in [-0.39, 0.29) is 5.41 Å². The first-order chi connectivity index (χ1) is 11.7. The molecule has 3 aromatic rings. The normalized spacial score (nSPS) is 15.2. The van der Waals surface area contributed by atoms with E-state index in [9.17, 15) is 4.79 Å². The minimum atomic E-state index is -0.127. The first kappa shape index (κ1) is 14.6. The maximum absolute atomic E-state index is 10.9. The largest absolute Gasteiger partial charge is 0.336 e. The third kappa shape index (κ3) is 2.12. The molecule has 0 atom stereocenters. The van der Waals surface area contributed by atoms with Gasteiger partial charge in [-0.1, -0.05) is 42.5 Å². The zero-order valence-electron chi connectivity index (χ0n) is 13.4. The van der Waals surface area contributed by atoms with Crippen LogP contribution in [0.1, 0.15) is 40.2 Å². The summed E-state index contributed by atoms with van der Waals surface area (Å²) in [6.07, 6.45) is 2.88. The molecular weight excluding hydrogens is 300 g/mol. The van der Waals surface area contributed by atoms with Gasteiger partial charge in [-0.15, -0.1) is 10.2 Å². The van der Waals surface area contributed by atoms with Crippen molar-refractivity contribution >= 4 is 6.29 Å². The second kappa shape index (κ2) is 5.30. The van der Waals surface area contributed by atoms with Gasteiger partial charge in [-0.05, 0) is 37.0 Å². The maximum atomic E-state index is 10.9. The van der Waals surface area contributed by atoms with Crippen LogP contribution in [0, 0.1) is 6.92 Å². The minimum absolute atomic E-state index is 0.127. The first-order valence-electron chi connectivity index (χ1n) is 7.98. The first-order valence-corrected chi connectivity index (χ1v) is 7.98. The number of benzene rings is 2. The van der Waals surface area contributed by atoms with Crippen molar-refractivity contribution in [1.82, 2.24) is 14.9 Å². The molecule has 24 heavy (non-hydrogen) atoms. The summed E-state index contributed by atoms with van der Waals surface area (Å²) in [7, 11) is 0. The van der Waals surface area contributed by atoms with Crippen molar-refractivity contribution in [3.8, 4) is 11.4 Å². The van der Waals surface area contributed by atoms with Crippen LogP contribution >= 0.6 is 0 Å². The van der Waals surface area contributed by atoms with Crippen molar-refractivity contribution in [2.24, 2.45) is 0 Å². The molecule has 0 radical (unpaired) electrons. The number of nitrogen functional groups attached to an aromatic ring is 1. The molecule has 1 saturated carbocycles. The molecule has 1 aromatic heterocycles. The Hall–Kier alpha value is -2.95. The van der Waals surface area contributed by atoms with Crippen LogP contribution in [0.3, 0.4) is 0 Å². The van der Waals surface area contributed by atoms with Crippen LogP contribution in [-0.2, 0) is 5.41 Å². The molecule has 1 fully saturated rings. The fourth-order valence-electron chi connectivity index (χ4n) is 3.34. The summed E-state index contributed by atoms with van der Waals surface area (Å²) in [5.74, 6) is 7.78. The van der Waals surface area contributed by atoms with Gasteiger partial charge >= 0.3 is 0 Å². The van der Waals surface area contributed by atoms with E-state index in [1.54, 1.807) is 10.7 Å². The van der Waals surface area contributed by atoms with Gasteiger partial charge in [0.1, 0.15) is 6.29 Å². The zero-order chi connectivity index (χ0) is 16.7. The fourth-order valence-corrected chi connectivity index (χ4v) is 3.34. The molecule has 0 aliphatic heterocycles. The highest BCUT2D eigenvalue weighted by Gasteiger charge is 2.50. The van der Waals surface area contributed by atoms with Crippen LogP contribution in [0.15, 0.2) is 48.5 Å². The van der Waals surface area contributed by atoms with Crippen molar-refractivity contribution < 1.29 is 4.79 Å². The van der Waals surface area contributed by atoms with Gasteiger partial charge in [-0.3, -0.25) is 4.79 Å². The average molecular weight is 318 g/mol. The molecule has 2 N–H and O–H groups in total. The molecule has 1 aliphatic carbocycles. The second-order valence-corrected chi connectivity index (χ2v) is 6.36. The van der Waals surface area contributed by atoms with E-state index < -0.39 is 0 Å². The van der Waals surface area contributed by atoms with E-state index in [1.807, 2.05) is 37.3 Å². The van der Waals surface area contributed by atoms with Gasteiger partial charge in [-0.2, -0.15) is 0 Å². The Kier molecular flexibility index (Phi) is 3.23. The fraction of sp³-hybridized carbons (Fsp3) is 0.211. The Balaban J connectivity index is 1.79. The molecule has 0 unspecified atom stereocenters. The monoisotopic (exact) mass is 318 g/mol. The zero-order valence-corrected chi connectivity index (χ0v) is 13.4. The van der Waals surface area contributed by atoms with E-state index in [1.165, 1.54) is 5.56 Å². The summed E-state index contributed by atoms with van der Waals surface area (Å²) in [5, 5.41) is 8.74. The van der Waals surface area contributed by atoms with Crippen molar-refractivity contribution in [3.63, 3.8) is 0 Å². The predicted octanol–water partition coefficient (Wildman–Crippen LogP) is 2.86. The highest BCUT2D eigenvalue weighted by atomic mass is 16.1. The Morgan fingerprint density at radius 2 is 1.88 bits per heavy atom. The summed E-state index contributed by atoms with van der Waals surface area (Å²) >= 11 is 0. The van der Waals surface area contributed by atoms with Crippen LogP contribution in [-0.4, -0.2) is 21.2 Å². The molecule has 0 saturated heterocycles. The summed E-state index contributed by atoms with van der Waals surface area (Å²) in [5.41, 5.74) is 3.59. The minimum Gasteiger partial charge on any atom is -0.336 e. The van der Waals surface area contributed by atoms with Crippen LogP contribution in [0.25, 0.3) is 11.4 Å². The van der Waals surface area contributed by atoms with E-state index in [0.29, 0.717) is 11.4 Å². The Morgan fingerprint density at radius 3 is 2.50 bits per heavy atom. The maximum Gasteiger partial charge on any atom is 0.182 e. The molecule has 120 valence electrons. The van der Waals surface area contributed by atoms with Gasteiger partial charge in [0, 0.05) is 11.1 Å². The van der Waals surface area contributed by atoms with Crippen LogP contribution in [0.2, 0.25) is 0 Å². The second-order valence-electron chi connectivity index (χ2n) is 6.36. The number of nitrogens with two attached hydrogens (primary N) is 1. The lowest BCUT2D eigenvalue weighted by Crippen LogP contribution is -2.22. The lowest BCUT2D eigenvalue weighted by molar-refractivity contribution is 0.112. The highest BCUT2D eigenvalue weighted by Crippen LogP contribution is 2.52. The summed E-state index contributed by atoms with van der Waals surface area (Å²) in [6, 6.07) is 15.8. The van der Waals surface area contributed by atoms with E-state index in [2.05, 4.69) is 22.3 Å². The summed E-state index contributed by atoms with van der Waals surface area (Å²) < 4.78 is 1.60. The van der Waals surface area contributed by atoms with Gasteiger partial charge < -0.3 is 5.84 Å². The third-order valence-corrected chi connectivity index (χ3v) is 4.83. The molecule has 5 heteroatoms. The molecule has 0 amide bonds. The molecular formula is C19H18N4O. The number of carbonyl (C=O) groups excluding carboxylic acids is 1. The highest BCUT2D eigenvalue weighted by molar-refractivity contribution is 5.77. The van der Waals surface area contributed by atoms with Crippen LogP contribution < -0.4 is 5.84 Å². The number of carbonyl (C=O) groups is 1. The van der Waals surface area contributed by atoms with Crippen molar-refractivity contribution in [2.45, 2.75) is 25.2 Å². The quantitative estimate of drug-likeness (QED) is 0.593. The lowest BCUT2D eigenvalue weighted by Gasteiger charge is -2.15. The number of hydrogen-bond acceptors (Lipinski definition) is 4. The van der Waals surface area contributed by atoms with Gasteiger partial charge in [0.2, 0.25) is 0 Å². The standard InChI is InChI=1S/C19H18N4O/c1-13-11-14(12-24)7-8-16(13)17-21-22-18(23(17)20)19(9-10-19)15-5-3-2-4-6-15/h2-8,11-12H,9-10,20H2,1H3. The number of nitrogens with zero attached hydrogens (tertiary/aromatic N) is 3. The van der Waals surface area contributed by atoms with E-state index in [4.69, 9.17) is 5.84 Å². The smallest absolute Gasteiger partial charge is 0.182 e. The van der Waals surface area contributed by atoms with E-state index >= 15 is 0 Å². The number of aryl methyl sites for hydroxylation is 1. The van der Waals surface area contributed by atoms with Crippen molar-refractivity contribution in [2.75, 3.05) is 5.84 Å². The lowest BCUT2D eigenvalue weighted by atomic mass is 9.95. The van der Waals surface area contributed by atoms with Crippen LogP contribution in [0.5, 0.6) is 0 Å². The molecule has 4 rings (SSSR count). The van der Waals surface area contributed by atoms with Gasteiger partial charge in [0.05, 0.1) is 5.41 Å². The van der Waals surface area contributed by atoms with Crippen molar-refractivity contribution in [1.29, 1.82) is 0 Å². The molecule has 0 spiro atoms. The number of hydrogen-bond donors (Lipinski definition) is 1. The van der Waals surface area contributed by atoms with Gasteiger partial charge in [0.25, 0.3) is 0 Å². The van der Waals surface area contributed by atoms with E-state index in [0.717, 1.165) is 36.1 Å². The molecule has 1 aliphatic rings. The predicted molar refractivity (Wildman–Crippen MR) is 92.2 cm³/mol. The van der Waals surface area contributed by atoms with Crippen LogP contribution in [0.4, 0.5) is 0 Å². The Labute approximate surface area is 140 Å². The molecule has 0 bridgehead atoms. The molecule has 2 aromatic carbocycles. The molecule has 5 nitrogen and oxygen atoms in total. The topological polar surface area (TPSA) is 73.8 Å². The SMILES string of the molecule is Cc1cc(C=O)ccc1-c1nnc(C2(c3ccccc3)CC2)n1N. The summed E-state index contributed by atoms with van der Waals surface area (Å²) in [4.78, 5) is 10.9. The number of aromatic nitrogens is 3. The number of aldehydes is 1. The van der Waals surface area contributed by atoms with Gasteiger partial charge in [-0.25, -0.2) is 4.68 Å². The summed E-state index contributed by atoms with van der Waals surface area (Å²) in [6.45, 7) is 1.95. The Morgan fingerprint density at radius 1 is 1.12 bits per heavy atom. The molecule has 1 heterocycles. The van der Waals surface area contributed by atoms with Gasteiger partial charge in [0.15, 0.2) is 11.6 Å². The number of rotatable bonds is 4. The van der Waals surface area contributed by atoms with Crippen molar-refractivity contribution in [3.05, 3.63) is 71.0 Å². The Bertz CT molecular complexity index is 910. The third-order valence-electron chi connectivity index (χ3n) is 4.83. The average Bonchev–Trinajstić information content (AvgIpc) is 3.33.